The highest BCUT2D eigenvalue weighted by atomic mass is 35.5. The molecule has 100 valence electrons. The Balaban J connectivity index is 2.20. The Hall–Kier alpha value is -1.22. The quantitative estimate of drug-likeness (QED) is 0.737. The first-order chi connectivity index (χ1) is 8.76. The van der Waals surface area contributed by atoms with Crippen molar-refractivity contribution >= 4 is 17.5 Å². The first-order valence-electron chi connectivity index (χ1n) is 6.29. The zero-order valence-electron chi connectivity index (χ0n) is 10.7. The van der Waals surface area contributed by atoms with E-state index >= 15 is 0 Å². The SMILES string of the molecule is CCC(CCCl)NC(=O)CCOc1ccccc1. The summed E-state index contributed by atoms with van der Waals surface area (Å²) in [5.41, 5.74) is 0. The van der Waals surface area contributed by atoms with Crippen molar-refractivity contribution < 1.29 is 9.53 Å². The van der Waals surface area contributed by atoms with Gasteiger partial charge in [0.25, 0.3) is 0 Å². The molecule has 3 nitrogen and oxygen atoms in total. The van der Waals surface area contributed by atoms with E-state index in [9.17, 15) is 4.79 Å². The number of carbonyl (C=O) groups excluding carboxylic acids is 1. The normalized spacial score (nSPS) is 11.9. The van der Waals surface area contributed by atoms with E-state index in [4.69, 9.17) is 16.3 Å². The molecule has 0 radical (unpaired) electrons. The summed E-state index contributed by atoms with van der Waals surface area (Å²) < 4.78 is 5.46. The van der Waals surface area contributed by atoms with Gasteiger partial charge >= 0.3 is 0 Å². The molecule has 18 heavy (non-hydrogen) atoms. The number of halogens is 1. The molecule has 0 fully saturated rings. The molecule has 1 aromatic rings. The smallest absolute Gasteiger partial charge is 0.223 e. The predicted octanol–water partition coefficient (Wildman–Crippen LogP) is 2.98. The maximum Gasteiger partial charge on any atom is 0.223 e. The van der Waals surface area contributed by atoms with Crippen molar-refractivity contribution in [3.63, 3.8) is 0 Å². The molecule has 1 aromatic carbocycles. The maximum absolute atomic E-state index is 11.6. The Morgan fingerprint density at radius 2 is 2.11 bits per heavy atom. The van der Waals surface area contributed by atoms with Crippen molar-refractivity contribution in [2.45, 2.75) is 32.2 Å². The van der Waals surface area contributed by atoms with E-state index < -0.39 is 0 Å². The molecule has 1 N–H and O–H groups in total. The highest BCUT2D eigenvalue weighted by Crippen LogP contribution is 2.08. The van der Waals surface area contributed by atoms with Crippen LogP contribution in [0.15, 0.2) is 30.3 Å². The van der Waals surface area contributed by atoms with Gasteiger partial charge in [0.05, 0.1) is 13.0 Å². The van der Waals surface area contributed by atoms with Crippen molar-refractivity contribution in [3.05, 3.63) is 30.3 Å². The zero-order chi connectivity index (χ0) is 13.2. The van der Waals surface area contributed by atoms with Crippen LogP contribution in [0.3, 0.4) is 0 Å². The minimum atomic E-state index is 0.0166. The highest BCUT2D eigenvalue weighted by Gasteiger charge is 2.09. The largest absolute Gasteiger partial charge is 0.493 e. The first kappa shape index (κ1) is 14.8. The van der Waals surface area contributed by atoms with Gasteiger partial charge in [0.15, 0.2) is 0 Å². The van der Waals surface area contributed by atoms with Crippen molar-refractivity contribution in [1.82, 2.24) is 5.32 Å². The molecule has 0 aliphatic carbocycles. The number of alkyl halides is 1. The first-order valence-corrected chi connectivity index (χ1v) is 6.83. The van der Waals surface area contributed by atoms with Crippen LogP contribution < -0.4 is 10.1 Å². The molecule has 1 unspecified atom stereocenters. The number of hydrogen-bond donors (Lipinski definition) is 1. The Bertz CT molecular complexity index is 343. The van der Waals surface area contributed by atoms with Crippen LogP contribution in [0.25, 0.3) is 0 Å². The predicted molar refractivity (Wildman–Crippen MR) is 74.1 cm³/mol. The third-order valence-electron chi connectivity index (χ3n) is 2.66. The second-order valence-corrected chi connectivity index (χ2v) is 4.44. The van der Waals surface area contributed by atoms with E-state index in [1.54, 1.807) is 0 Å². The number of nitrogens with one attached hydrogen (secondary N) is 1. The van der Waals surface area contributed by atoms with Gasteiger partial charge in [-0.2, -0.15) is 0 Å². The number of benzene rings is 1. The van der Waals surface area contributed by atoms with Crippen LogP contribution in [0.1, 0.15) is 26.2 Å². The summed E-state index contributed by atoms with van der Waals surface area (Å²) in [7, 11) is 0. The highest BCUT2D eigenvalue weighted by molar-refractivity contribution is 6.17. The summed E-state index contributed by atoms with van der Waals surface area (Å²) in [6.45, 7) is 2.44. The summed E-state index contributed by atoms with van der Waals surface area (Å²) in [6, 6.07) is 9.66. The van der Waals surface area contributed by atoms with E-state index in [2.05, 4.69) is 5.32 Å². The fraction of sp³-hybridized carbons (Fsp3) is 0.500. The van der Waals surface area contributed by atoms with E-state index in [-0.39, 0.29) is 11.9 Å². The fourth-order valence-corrected chi connectivity index (χ4v) is 1.85. The average molecular weight is 270 g/mol. The van der Waals surface area contributed by atoms with Gasteiger partial charge < -0.3 is 10.1 Å². The van der Waals surface area contributed by atoms with E-state index in [1.807, 2.05) is 37.3 Å². The van der Waals surface area contributed by atoms with Gasteiger partial charge in [0.2, 0.25) is 5.91 Å². The van der Waals surface area contributed by atoms with Gasteiger partial charge in [-0.25, -0.2) is 0 Å². The van der Waals surface area contributed by atoms with E-state index in [1.165, 1.54) is 0 Å². The van der Waals surface area contributed by atoms with Crippen LogP contribution in [0.4, 0.5) is 0 Å². The van der Waals surface area contributed by atoms with Gasteiger partial charge in [-0.15, -0.1) is 11.6 Å². The summed E-state index contributed by atoms with van der Waals surface area (Å²) in [5, 5.41) is 2.95. The standard InChI is InChI=1S/C14H20ClNO2/c1-2-12(8-10-15)16-14(17)9-11-18-13-6-4-3-5-7-13/h3-7,12H,2,8-11H2,1H3,(H,16,17). The molecule has 0 bridgehead atoms. The Kier molecular flexibility index (Phi) is 7.26. The molecule has 0 aromatic heterocycles. The van der Waals surface area contributed by atoms with E-state index in [0.29, 0.717) is 18.9 Å². The molecule has 0 saturated heterocycles. The van der Waals surface area contributed by atoms with Crippen LogP contribution >= 0.6 is 11.6 Å². The molecular weight excluding hydrogens is 250 g/mol. The number of para-hydroxylation sites is 1. The average Bonchev–Trinajstić information content (AvgIpc) is 2.39. The Morgan fingerprint density at radius 1 is 1.39 bits per heavy atom. The summed E-state index contributed by atoms with van der Waals surface area (Å²) >= 11 is 5.67. The van der Waals surface area contributed by atoms with Gasteiger partial charge in [0.1, 0.15) is 5.75 Å². The zero-order valence-corrected chi connectivity index (χ0v) is 11.5. The second-order valence-electron chi connectivity index (χ2n) is 4.06. The van der Waals surface area contributed by atoms with Crippen molar-refractivity contribution in [2.75, 3.05) is 12.5 Å². The number of rotatable bonds is 8. The molecule has 1 rings (SSSR count). The van der Waals surface area contributed by atoms with Gasteiger partial charge in [-0.1, -0.05) is 25.1 Å². The summed E-state index contributed by atoms with van der Waals surface area (Å²) in [4.78, 5) is 11.6. The molecule has 0 heterocycles. The number of amides is 1. The maximum atomic E-state index is 11.6. The molecule has 1 amide bonds. The lowest BCUT2D eigenvalue weighted by Crippen LogP contribution is -2.35. The Labute approximate surface area is 113 Å². The van der Waals surface area contributed by atoms with Crippen molar-refractivity contribution in [1.29, 1.82) is 0 Å². The lowest BCUT2D eigenvalue weighted by Gasteiger charge is -2.15. The molecule has 4 heteroatoms. The van der Waals surface area contributed by atoms with Crippen LogP contribution in [0, 0.1) is 0 Å². The van der Waals surface area contributed by atoms with Crippen LogP contribution in [-0.2, 0) is 4.79 Å². The fourth-order valence-electron chi connectivity index (χ4n) is 1.59. The monoisotopic (exact) mass is 269 g/mol. The number of carbonyl (C=O) groups is 1. The van der Waals surface area contributed by atoms with Gasteiger partial charge in [0, 0.05) is 11.9 Å². The van der Waals surface area contributed by atoms with Crippen molar-refractivity contribution in [3.8, 4) is 5.75 Å². The third kappa shape index (κ3) is 5.92. The number of ether oxygens (including phenoxy) is 1. The number of hydrogen-bond acceptors (Lipinski definition) is 2. The second kappa shape index (κ2) is 8.81. The van der Waals surface area contributed by atoms with Gasteiger partial charge in [-0.05, 0) is 25.0 Å². The minimum Gasteiger partial charge on any atom is -0.493 e. The van der Waals surface area contributed by atoms with Crippen LogP contribution in [0.2, 0.25) is 0 Å². The molecule has 0 aliphatic heterocycles. The Morgan fingerprint density at radius 3 is 2.72 bits per heavy atom. The van der Waals surface area contributed by atoms with Crippen molar-refractivity contribution in [2.24, 2.45) is 0 Å². The summed E-state index contributed by atoms with van der Waals surface area (Å²) in [5.74, 6) is 1.38. The molecule has 0 spiro atoms. The molecular formula is C14H20ClNO2. The molecule has 1 atom stereocenters. The lowest BCUT2D eigenvalue weighted by molar-refractivity contribution is -0.122. The van der Waals surface area contributed by atoms with E-state index in [0.717, 1.165) is 18.6 Å². The summed E-state index contributed by atoms with van der Waals surface area (Å²) in [6.07, 6.45) is 2.08. The topological polar surface area (TPSA) is 38.3 Å². The van der Waals surface area contributed by atoms with Gasteiger partial charge in [-0.3, -0.25) is 4.79 Å². The lowest BCUT2D eigenvalue weighted by atomic mass is 10.1. The third-order valence-corrected chi connectivity index (χ3v) is 2.87. The van der Waals surface area contributed by atoms with Crippen LogP contribution in [0.5, 0.6) is 5.75 Å². The van der Waals surface area contributed by atoms with Crippen LogP contribution in [-0.4, -0.2) is 24.4 Å². The molecule has 0 saturated carbocycles. The minimum absolute atomic E-state index is 0.0166. The molecule has 0 aliphatic rings.